The summed E-state index contributed by atoms with van der Waals surface area (Å²) in [4.78, 5) is 18.9. The Bertz CT molecular complexity index is 1120. The van der Waals surface area contributed by atoms with E-state index in [1.165, 1.54) is 6.42 Å². The summed E-state index contributed by atoms with van der Waals surface area (Å²) < 4.78 is 1.12. The summed E-state index contributed by atoms with van der Waals surface area (Å²) in [5.41, 5.74) is 3.10. The fourth-order valence-corrected chi connectivity index (χ4v) is 5.77. The molecule has 0 aromatic carbocycles. The Morgan fingerprint density at radius 1 is 1.03 bits per heavy atom. The van der Waals surface area contributed by atoms with Crippen LogP contribution in [0.5, 0.6) is 0 Å². The first-order valence-corrected chi connectivity index (χ1v) is 12.0. The van der Waals surface area contributed by atoms with Gasteiger partial charge in [0.05, 0.1) is 27.3 Å². The van der Waals surface area contributed by atoms with Crippen LogP contribution < -0.4 is 10.6 Å². The SMILES string of the molecule is Cc1nc(NCC2(O)CCCC2)nc(NC2(C)CCC2)c1-c1nc2c(C)nccc2s1. The van der Waals surface area contributed by atoms with E-state index in [9.17, 15) is 5.11 Å². The molecule has 2 aliphatic rings. The van der Waals surface area contributed by atoms with E-state index in [1.54, 1.807) is 11.3 Å². The van der Waals surface area contributed by atoms with E-state index in [0.717, 1.165) is 76.5 Å². The van der Waals surface area contributed by atoms with Crippen molar-refractivity contribution < 1.29 is 5.11 Å². The molecule has 0 amide bonds. The van der Waals surface area contributed by atoms with Gasteiger partial charge in [-0.1, -0.05) is 12.8 Å². The molecule has 31 heavy (non-hydrogen) atoms. The average molecular weight is 439 g/mol. The zero-order valence-electron chi connectivity index (χ0n) is 18.5. The van der Waals surface area contributed by atoms with Gasteiger partial charge in [0.15, 0.2) is 0 Å². The fraction of sp³-hybridized carbons (Fsp3) is 0.565. The molecule has 5 rings (SSSR count). The lowest BCUT2D eigenvalue weighted by atomic mass is 9.78. The minimum atomic E-state index is -0.652. The van der Waals surface area contributed by atoms with E-state index in [0.29, 0.717) is 12.5 Å². The lowest BCUT2D eigenvalue weighted by molar-refractivity contribution is 0.0613. The number of aliphatic hydroxyl groups is 1. The summed E-state index contributed by atoms with van der Waals surface area (Å²) in [5, 5.41) is 18.6. The number of thiazole rings is 1. The first-order chi connectivity index (χ1) is 14.8. The molecule has 0 saturated heterocycles. The van der Waals surface area contributed by atoms with E-state index >= 15 is 0 Å². The van der Waals surface area contributed by atoms with Gasteiger partial charge in [0.1, 0.15) is 16.3 Å². The van der Waals surface area contributed by atoms with Crippen molar-refractivity contribution in [1.29, 1.82) is 0 Å². The molecule has 0 atom stereocenters. The number of aromatic nitrogens is 4. The van der Waals surface area contributed by atoms with E-state index in [4.69, 9.17) is 15.0 Å². The highest BCUT2D eigenvalue weighted by Crippen LogP contribution is 2.41. The number of nitrogens with zero attached hydrogens (tertiary/aromatic N) is 4. The summed E-state index contributed by atoms with van der Waals surface area (Å²) in [6.45, 7) is 6.73. The topological polar surface area (TPSA) is 95.9 Å². The summed E-state index contributed by atoms with van der Waals surface area (Å²) in [6.07, 6.45) is 9.13. The minimum Gasteiger partial charge on any atom is -0.388 e. The van der Waals surface area contributed by atoms with Gasteiger partial charge in [0, 0.05) is 18.3 Å². The number of hydrogen-bond acceptors (Lipinski definition) is 8. The zero-order chi connectivity index (χ0) is 21.6. The van der Waals surface area contributed by atoms with Gasteiger partial charge in [0.25, 0.3) is 0 Å². The Kier molecular flexibility index (Phi) is 5.09. The highest BCUT2D eigenvalue weighted by atomic mass is 32.1. The average Bonchev–Trinajstić information content (AvgIpc) is 3.33. The Morgan fingerprint density at radius 2 is 1.81 bits per heavy atom. The Hall–Kier alpha value is -2.32. The predicted molar refractivity (Wildman–Crippen MR) is 126 cm³/mol. The molecule has 0 unspecified atom stereocenters. The van der Waals surface area contributed by atoms with Crippen LogP contribution in [-0.4, -0.2) is 42.7 Å². The van der Waals surface area contributed by atoms with Crippen molar-refractivity contribution in [3.63, 3.8) is 0 Å². The quantitative estimate of drug-likeness (QED) is 0.507. The third-order valence-corrected chi connectivity index (χ3v) is 7.82. The van der Waals surface area contributed by atoms with Crippen molar-refractivity contribution >= 4 is 33.3 Å². The molecule has 8 heteroatoms. The van der Waals surface area contributed by atoms with Gasteiger partial charge < -0.3 is 15.7 Å². The van der Waals surface area contributed by atoms with E-state index in [1.807, 2.05) is 26.1 Å². The number of nitrogens with one attached hydrogen (secondary N) is 2. The van der Waals surface area contributed by atoms with Crippen molar-refractivity contribution in [3.8, 4) is 10.6 Å². The summed E-state index contributed by atoms with van der Waals surface area (Å²) in [6, 6.07) is 2.01. The Labute approximate surface area is 186 Å². The molecule has 0 radical (unpaired) electrons. The fourth-order valence-electron chi connectivity index (χ4n) is 4.66. The highest BCUT2D eigenvalue weighted by Gasteiger charge is 2.34. The van der Waals surface area contributed by atoms with Crippen molar-refractivity contribution in [2.45, 2.75) is 76.9 Å². The normalized spacial score (nSPS) is 19.4. The number of rotatable bonds is 6. The molecule has 2 saturated carbocycles. The second-order valence-corrected chi connectivity index (χ2v) is 10.5. The van der Waals surface area contributed by atoms with Crippen LogP contribution in [0.2, 0.25) is 0 Å². The lowest BCUT2D eigenvalue weighted by Crippen LogP contribution is -2.42. The Morgan fingerprint density at radius 3 is 2.48 bits per heavy atom. The van der Waals surface area contributed by atoms with Crippen LogP contribution >= 0.6 is 11.3 Å². The smallest absolute Gasteiger partial charge is 0.225 e. The van der Waals surface area contributed by atoms with Crippen molar-refractivity contribution in [2.75, 3.05) is 17.2 Å². The molecule has 3 N–H and O–H groups in total. The second kappa shape index (κ2) is 7.67. The maximum Gasteiger partial charge on any atom is 0.225 e. The molecule has 0 spiro atoms. The molecule has 0 aliphatic heterocycles. The van der Waals surface area contributed by atoms with Crippen LogP contribution in [-0.2, 0) is 0 Å². The maximum atomic E-state index is 10.7. The van der Waals surface area contributed by atoms with Gasteiger partial charge in [-0.05, 0) is 58.9 Å². The molecule has 7 nitrogen and oxygen atoms in total. The summed E-state index contributed by atoms with van der Waals surface area (Å²) in [5.74, 6) is 1.38. The van der Waals surface area contributed by atoms with Gasteiger partial charge in [-0.2, -0.15) is 4.98 Å². The third-order valence-electron chi connectivity index (χ3n) is 6.78. The van der Waals surface area contributed by atoms with Crippen molar-refractivity contribution in [2.24, 2.45) is 0 Å². The van der Waals surface area contributed by atoms with Gasteiger partial charge in [-0.15, -0.1) is 11.3 Å². The van der Waals surface area contributed by atoms with Crippen molar-refractivity contribution in [3.05, 3.63) is 23.7 Å². The van der Waals surface area contributed by atoms with Crippen LogP contribution in [0.1, 0.15) is 63.3 Å². The number of aryl methyl sites for hydroxylation is 2. The van der Waals surface area contributed by atoms with Crippen LogP contribution in [0.4, 0.5) is 11.8 Å². The first-order valence-electron chi connectivity index (χ1n) is 11.2. The molecular formula is C23H30N6OS. The number of pyridine rings is 1. The lowest BCUT2D eigenvalue weighted by Gasteiger charge is -2.40. The molecular weight excluding hydrogens is 408 g/mol. The van der Waals surface area contributed by atoms with Crippen LogP contribution in [0.25, 0.3) is 20.8 Å². The van der Waals surface area contributed by atoms with Crippen LogP contribution in [0.15, 0.2) is 12.3 Å². The van der Waals surface area contributed by atoms with Gasteiger partial charge in [-0.25, -0.2) is 9.97 Å². The molecule has 3 aromatic heterocycles. The molecule has 0 bridgehead atoms. The molecule has 3 heterocycles. The number of fused-ring (bicyclic) bond motifs is 1. The van der Waals surface area contributed by atoms with Gasteiger partial charge >= 0.3 is 0 Å². The van der Waals surface area contributed by atoms with Crippen molar-refractivity contribution in [1.82, 2.24) is 19.9 Å². The number of anilines is 2. The Balaban J connectivity index is 1.53. The monoisotopic (exact) mass is 438 g/mol. The highest BCUT2D eigenvalue weighted by molar-refractivity contribution is 7.21. The van der Waals surface area contributed by atoms with Crippen LogP contribution in [0.3, 0.4) is 0 Å². The van der Waals surface area contributed by atoms with Crippen LogP contribution in [0, 0.1) is 13.8 Å². The van der Waals surface area contributed by atoms with E-state index in [-0.39, 0.29) is 5.54 Å². The van der Waals surface area contributed by atoms with E-state index < -0.39 is 5.60 Å². The number of hydrogen-bond donors (Lipinski definition) is 3. The molecule has 2 fully saturated rings. The zero-order valence-corrected chi connectivity index (χ0v) is 19.3. The van der Waals surface area contributed by atoms with Gasteiger partial charge in [0.2, 0.25) is 5.95 Å². The standard InChI is InChI=1S/C23H30N6OS/c1-14-17(20-27-18-15(2)24-12-7-16(18)31-20)19(29-22(3)8-6-9-22)28-21(26-14)25-13-23(30)10-4-5-11-23/h7,12,30H,4-6,8-11,13H2,1-3H3,(H2,25,26,28,29). The first kappa shape index (κ1) is 20.6. The summed E-state index contributed by atoms with van der Waals surface area (Å²) >= 11 is 1.65. The largest absolute Gasteiger partial charge is 0.388 e. The molecule has 2 aliphatic carbocycles. The molecule has 3 aromatic rings. The predicted octanol–water partition coefficient (Wildman–Crippen LogP) is 4.84. The minimum absolute atomic E-state index is 0.0463. The van der Waals surface area contributed by atoms with Gasteiger partial charge in [-0.3, -0.25) is 4.98 Å². The van der Waals surface area contributed by atoms with E-state index in [2.05, 4.69) is 22.5 Å². The second-order valence-electron chi connectivity index (χ2n) is 9.44. The summed E-state index contributed by atoms with van der Waals surface area (Å²) in [7, 11) is 0. The molecule has 164 valence electrons. The third kappa shape index (κ3) is 3.99. The maximum absolute atomic E-state index is 10.7.